The minimum absolute atomic E-state index is 0.0264. The monoisotopic (exact) mass is 442 g/mol. The average molecular weight is 443 g/mol. The van der Waals surface area contributed by atoms with Gasteiger partial charge in [0.2, 0.25) is 15.9 Å². The van der Waals surface area contributed by atoms with Crippen molar-refractivity contribution in [2.75, 3.05) is 25.5 Å². The molecule has 0 bridgehead atoms. The number of carbonyl (C=O) groups is 1. The number of rotatable bonds is 5. The number of amides is 1. The van der Waals surface area contributed by atoms with E-state index in [1.54, 1.807) is 0 Å². The van der Waals surface area contributed by atoms with Crippen LogP contribution in [0.15, 0.2) is 65.6 Å². The molecule has 1 heterocycles. The van der Waals surface area contributed by atoms with E-state index >= 15 is 0 Å². The number of halogens is 1. The van der Waals surface area contributed by atoms with E-state index in [0.717, 1.165) is 22.9 Å². The van der Waals surface area contributed by atoms with E-state index in [-0.39, 0.29) is 29.6 Å². The topological polar surface area (TPSA) is 75.7 Å². The van der Waals surface area contributed by atoms with Gasteiger partial charge in [-0.1, -0.05) is 36.4 Å². The second-order valence-electron chi connectivity index (χ2n) is 7.51. The molecule has 1 aliphatic rings. The molecule has 3 aromatic rings. The van der Waals surface area contributed by atoms with E-state index in [4.69, 9.17) is 4.74 Å². The number of piperidine rings is 1. The first kappa shape index (κ1) is 21.3. The number of sulfonamides is 1. The number of carbonyl (C=O) groups excluding carboxylic acids is 1. The zero-order valence-electron chi connectivity index (χ0n) is 17.0. The molecule has 0 aliphatic carbocycles. The highest BCUT2D eigenvalue weighted by molar-refractivity contribution is 7.89. The van der Waals surface area contributed by atoms with Crippen molar-refractivity contribution in [3.8, 4) is 5.75 Å². The molecule has 0 spiro atoms. The van der Waals surface area contributed by atoms with Gasteiger partial charge in [-0.15, -0.1) is 0 Å². The molecule has 0 aromatic heterocycles. The molecule has 0 unspecified atom stereocenters. The third kappa shape index (κ3) is 4.26. The summed E-state index contributed by atoms with van der Waals surface area (Å²) in [6, 6.07) is 16.8. The van der Waals surface area contributed by atoms with Gasteiger partial charge in [-0.25, -0.2) is 12.8 Å². The van der Waals surface area contributed by atoms with Crippen LogP contribution in [0.2, 0.25) is 0 Å². The lowest BCUT2D eigenvalue weighted by Crippen LogP contribution is -2.43. The van der Waals surface area contributed by atoms with Crippen molar-refractivity contribution in [2.24, 2.45) is 5.92 Å². The van der Waals surface area contributed by atoms with E-state index in [9.17, 15) is 17.6 Å². The molecule has 1 saturated heterocycles. The second-order valence-corrected chi connectivity index (χ2v) is 9.42. The van der Waals surface area contributed by atoms with Crippen LogP contribution >= 0.6 is 0 Å². The Morgan fingerprint density at radius 1 is 1.13 bits per heavy atom. The summed E-state index contributed by atoms with van der Waals surface area (Å²) >= 11 is 0. The van der Waals surface area contributed by atoms with E-state index in [2.05, 4.69) is 5.32 Å². The highest BCUT2D eigenvalue weighted by Gasteiger charge is 2.35. The number of ether oxygens (including phenoxy) is 1. The highest BCUT2D eigenvalue weighted by atomic mass is 32.2. The van der Waals surface area contributed by atoms with Crippen molar-refractivity contribution < 1.29 is 22.3 Å². The van der Waals surface area contributed by atoms with E-state index in [0.29, 0.717) is 18.5 Å². The minimum Gasteiger partial charge on any atom is -0.495 e. The number of methoxy groups -OCH3 is 1. The fraction of sp³-hybridized carbons (Fsp3) is 0.261. The Hall–Kier alpha value is -2.97. The Morgan fingerprint density at radius 3 is 2.71 bits per heavy atom. The fourth-order valence-corrected chi connectivity index (χ4v) is 5.63. The van der Waals surface area contributed by atoms with E-state index < -0.39 is 21.8 Å². The number of hydrogen-bond donors (Lipinski definition) is 1. The third-order valence-electron chi connectivity index (χ3n) is 5.55. The lowest BCUT2D eigenvalue weighted by Gasteiger charge is -2.31. The summed E-state index contributed by atoms with van der Waals surface area (Å²) in [5, 5.41) is 4.88. The molecule has 6 nitrogen and oxygen atoms in total. The number of benzene rings is 3. The summed E-state index contributed by atoms with van der Waals surface area (Å²) in [7, 11) is -2.68. The van der Waals surface area contributed by atoms with Crippen molar-refractivity contribution in [1.82, 2.24) is 4.31 Å². The predicted molar refractivity (Wildman–Crippen MR) is 117 cm³/mol. The second kappa shape index (κ2) is 8.64. The fourth-order valence-electron chi connectivity index (χ4n) is 3.94. The maximum atomic E-state index is 13.8. The van der Waals surface area contributed by atoms with Crippen LogP contribution in [0.5, 0.6) is 5.75 Å². The Morgan fingerprint density at radius 2 is 1.90 bits per heavy atom. The molecule has 1 N–H and O–H groups in total. The van der Waals surface area contributed by atoms with Gasteiger partial charge in [-0.05, 0) is 42.5 Å². The lowest BCUT2D eigenvalue weighted by atomic mass is 9.98. The van der Waals surface area contributed by atoms with Crippen LogP contribution in [0, 0.1) is 11.7 Å². The van der Waals surface area contributed by atoms with Gasteiger partial charge in [-0.3, -0.25) is 4.79 Å². The Kier molecular flexibility index (Phi) is 5.93. The molecule has 1 fully saturated rings. The first-order chi connectivity index (χ1) is 14.9. The van der Waals surface area contributed by atoms with Crippen LogP contribution in [0.1, 0.15) is 12.8 Å². The van der Waals surface area contributed by atoms with Crippen LogP contribution in [0.3, 0.4) is 0 Å². The number of fused-ring (bicyclic) bond motifs is 1. The molecule has 162 valence electrons. The van der Waals surface area contributed by atoms with Gasteiger partial charge in [0.15, 0.2) is 0 Å². The molecule has 1 amide bonds. The van der Waals surface area contributed by atoms with Gasteiger partial charge in [-0.2, -0.15) is 4.31 Å². The summed E-state index contributed by atoms with van der Waals surface area (Å²) < 4.78 is 46.4. The number of hydrogen-bond acceptors (Lipinski definition) is 4. The highest BCUT2D eigenvalue weighted by Crippen LogP contribution is 2.31. The van der Waals surface area contributed by atoms with Crippen molar-refractivity contribution in [1.29, 1.82) is 0 Å². The van der Waals surface area contributed by atoms with Crippen molar-refractivity contribution in [3.63, 3.8) is 0 Å². The van der Waals surface area contributed by atoms with Crippen molar-refractivity contribution in [2.45, 2.75) is 17.7 Å². The summed E-state index contributed by atoms with van der Waals surface area (Å²) in [4.78, 5) is 12.7. The summed E-state index contributed by atoms with van der Waals surface area (Å²) in [5.74, 6) is -1.34. The normalized spacial score (nSPS) is 17.4. The maximum Gasteiger partial charge on any atom is 0.246 e. The summed E-state index contributed by atoms with van der Waals surface area (Å²) in [6.45, 7) is 0.290. The molecule has 1 atom stereocenters. The molecule has 3 aromatic carbocycles. The minimum atomic E-state index is -4.01. The zero-order valence-corrected chi connectivity index (χ0v) is 17.9. The van der Waals surface area contributed by atoms with Gasteiger partial charge >= 0.3 is 0 Å². The predicted octanol–water partition coefficient (Wildman–Crippen LogP) is 4.03. The molecule has 31 heavy (non-hydrogen) atoms. The lowest BCUT2D eigenvalue weighted by molar-refractivity contribution is -0.120. The van der Waals surface area contributed by atoms with Gasteiger partial charge in [0.25, 0.3) is 0 Å². The molecular weight excluding hydrogens is 419 g/mol. The van der Waals surface area contributed by atoms with Gasteiger partial charge < -0.3 is 10.1 Å². The molecule has 8 heteroatoms. The molecule has 1 aliphatic heterocycles. The Bertz CT molecular complexity index is 1220. The number of anilines is 1. The van der Waals surface area contributed by atoms with Crippen molar-refractivity contribution in [3.05, 3.63) is 66.5 Å². The number of nitrogens with one attached hydrogen (secondary N) is 1. The third-order valence-corrected chi connectivity index (χ3v) is 7.43. The largest absolute Gasteiger partial charge is 0.495 e. The molecule has 0 saturated carbocycles. The smallest absolute Gasteiger partial charge is 0.246 e. The quantitative estimate of drug-likeness (QED) is 0.647. The standard InChI is InChI=1S/C23H23FN2O4S/c1-30-21-12-11-18(24)14-22(21)31(28,29)26-13-5-8-17(15-26)23(27)25-20-10-4-7-16-6-2-3-9-19(16)20/h2-4,6-7,9-12,14,17H,5,8,13,15H2,1H3,(H,25,27)/t17-/m0/s1. The average Bonchev–Trinajstić information content (AvgIpc) is 2.79. The summed E-state index contributed by atoms with van der Waals surface area (Å²) in [5.41, 5.74) is 0.690. The van der Waals surface area contributed by atoms with Gasteiger partial charge in [0.05, 0.1) is 13.0 Å². The molecule has 4 rings (SSSR count). The maximum absolute atomic E-state index is 13.8. The molecule has 0 radical (unpaired) electrons. The van der Waals surface area contributed by atoms with Crippen LogP contribution in [0.4, 0.5) is 10.1 Å². The first-order valence-corrected chi connectivity index (χ1v) is 11.5. The SMILES string of the molecule is COc1ccc(F)cc1S(=O)(=O)N1CCC[C@H](C(=O)Nc2cccc3ccccc23)C1. The van der Waals surface area contributed by atoms with Gasteiger partial charge in [0.1, 0.15) is 16.5 Å². The first-order valence-electron chi connectivity index (χ1n) is 10.0. The van der Waals surface area contributed by atoms with E-state index in [1.807, 2.05) is 42.5 Å². The zero-order chi connectivity index (χ0) is 22.0. The van der Waals surface area contributed by atoms with E-state index in [1.165, 1.54) is 17.5 Å². The van der Waals surface area contributed by atoms with Crippen molar-refractivity contribution >= 4 is 32.4 Å². The van der Waals surface area contributed by atoms with Crippen LogP contribution in [-0.4, -0.2) is 38.8 Å². The van der Waals surface area contributed by atoms with Crippen LogP contribution in [-0.2, 0) is 14.8 Å². The Balaban J connectivity index is 1.56. The number of nitrogens with zero attached hydrogens (tertiary/aromatic N) is 1. The van der Waals surface area contributed by atoms with Gasteiger partial charge in [0, 0.05) is 24.2 Å². The van der Waals surface area contributed by atoms with Crippen LogP contribution in [0.25, 0.3) is 10.8 Å². The molecular formula is C23H23FN2O4S. The summed E-state index contributed by atoms with van der Waals surface area (Å²) in [6.07, 6.45) is 1.10. The van der Waals surface area contributed by atoms with Crippen LogP contribution < -0.4 is 10.1 Å². The Labute approximate surface area is 180 Å².